The van der Waals surface area contributed by atoms with Crippen LogP contribution in [0.3, 0.4) is 0 Å². The van der Waals surface area contributed by atoms with Crippen molar-refractivity contribution in [3.05, 3.63) is 23.8 Å². The maximum atomic E-state index is 11.9. The number of allylic oxidation sites excluding steroid dienone is 2. The van der Waals surface area contributed by atoms with E-state index >= 15 is 0 Å². The summed E-state index contributed by atoms with van der Waals surface area (Å²) in [5.74, 6) is 3.46. The van der Waals surface area contributed by atoms with Gasteiger partial charge in [0.15, 0.2) is 5.78 Å². The molecule has 1 N–H and O–H groups in total. The van der Waals surface area contributed by atoms with Crippen molar-refractivity contribution in [3.8, 4) is 0 Å². The largest absolute Gasteiger partial charge is 0.392 e. The average Bonchev–Trinajstić information content (AvgIpc) is 2.90. The highest BCUT2D eigenvalue weighted by molar-refractivity contribution is 5.91. The van der Waals surface area contributed by atoms with Crippen LogP contribution in [0, 0.1) is 34.5 Å². The molecule has 1 unspecified atom stereocenters. The molecule has 0 heterocycles. The third kappa shape index (κ3) is 2.29. The summed E-state index contributed by atoms with van der Waals surface area (Å²) in [6, 6.07) is 0. The van der Waals surface area contributed by atoms with Crippen molar-refractivity contribution in [2.24, 2.45) is 34.5 Å². The lowest BCUT2D eigenvalue weighted by atomic mass is 9.47. The molecule has 2 heteroatoms. The van der Waals surface area contributed by atoms with E-state index in [0.29, 0.717) is 17.1 Å². The molecule has 4 rings (SSSR count). The second-order valence-corrected chi connectivity index (χ2v) is 9.31. The Morgan fingerprint density at radius 2 is 1.96 bits per heavy atom. The van der Waals surface area contributed by atoms with Crippen LogP contribution >= 0.6 is 0 Å². The molecule has 6 atom stereocenters. The fourth-order valence-electron chi connectivity index (χ4n) is 7.14. The number of hydrogen-bond donors (Lipinski definition) is 1. The number of carbonyl (C=O) groups is 1. The van der Waals surface area contributed by atoms with Gasteiger partial charge in [0.2, 0.25) is 0 Å². The molecule has 3 fully saturated rings. The van der Waals surface area contributed by atoms with E-state index in [1.165, 1.54) is 37.7 Å². The maximum absolute atomic E-state index is 11.9. The first-order valence-electron chi connectivity index (χ1n) is 10.0. The molecule has 0 aromatic rings. The van der Waals surface area contributed by atoms with Gasteiger partial charge >= 0.3 is 0 Å². The lowest BCUT2D eigenvalue weighted by Crippen LogP contribution is -2.50. The van der Waals surface area contributed by atoms with Gasteiger partial charge in [-0.25, -0.2) is 0 Å². The molecule has 0 aliphatic heterocycles. The number of hydrogen-bond acceptors (Lipinski definition) is 2. The molecular weight excluding hydrogens is 296 g/mol. The highest BCUT2D eigenvalue weighted by atomic mass is 16.2. The Labute approximate surface area is 146 Å². The van der Waals surface area contributed by atoms with Gasteiger partial charge in [0.05, 0.1) is 6.61 Å². The Morgan fingerprint density at radius 3 is 2.75 bits per heavy atom. The van der Waals surface area contributed by atoms with Crippen LogP contribution < -0.4 is 0 Å². The van der Waals surface area contributed by atoms with Crippen LogP contribution in [-0.2, 0) is 4.79 Å². The van der Waals surface area contributed by atoms with Gasteiger partial charge in [-0.2, -0.15) is 0 Å². The normalized spacial score (nSPS) is 48.0. The van der Waals surface area contributed by atoms with Crippen molar-refractivity contribution in [2.75, 3.05) is 6.61 Å². The van der Waals surface area contributed by atoms with E-state index < -0.39 is 0 Å². The molecule has 0 saturated heterocycles. The van der Waals surface area contributed by atoms with Crippen LogP contribution in [0.2, 0.25) is 0 Å². The summed E-state index contributed by atoms with van der Waals surface area (Å²) >= 11 is 0. The molecule has 3 saturated carbocycles. The first-order chi connectivity index (χ1) is 11.5. The molecule has 0 amide bonds. The first-order valence-corrected chi connectivity index (χ1v) is 10.0. The molecule has 4 aliphatic rings. The zero-order valence-corrected chi connectivity index (χ0v) is 15.3. The van der Waals surface area contributed by atoms with Gasteiger partial charge < -0.3 is 5.11 Å². The molecular formula is C22H32O2. The third-order valence-corrected chi connectivity index (χ3v) is 8.51. The van der Waals surface area contributed by atoms with Gasteiger partial charge in [-0.05, 0) is 85.5 Å². The first kappa shape index (κ1) is 16.6. The fourth-order valence-corrected chi connectivity index (χ4v) is 7.14. The zero-order chi connectivity index (χ0) is 16.9. The smallest absolute Gasteiger partial charge is 0.155 e. The minimum absolute atomic E-state index is 0.170. The Morgan fingerprint density at radius 1 is 1.12 bits per heavy atom. The SMILES string of the molecule is C[C@]12CCC(=O)C=C1CC[C@@H]1[C@@H]2CC[C@]2(C)C(/C=C\CO)CC[C@@H]12. The van der Waals surface area contributed by atoms with Gasteiger partial charge in [-0.1, -0.05) is 31.6 Å². The quantitative estimate of drug-likeness (QED) is 0.747. The number of carbonyl (C=O) groups excluding carboxylic acids is 1. The van der Waals surface area contributed by atoms with Crippen LogP contribution in [0.25, 0.3) is 0 Å². The molecule has 4 aliphatic carbocycles. The Kier molecular flexibility index (Phi) is 4.03. The molecule has 0 aromatic carbocycles. The summed E-state index contributed by atoms with van der Waals surface area (Å²) in [4.78, 5) is 11.9. The van der Waals surface area contributed by atoms with E-state index in [2.05, 4.69) is 19.9 Å². The van der Waals surface area contributed by atoms with Crippen LogP contribution in [0.5, 0.6) is 0 Å². The van der Waals surface area contributed by atoms with E-state index in [1.807, 2.05) is 12.2 Å². The lowest BCUT2D eigenvalue weighted by Gasteiger charge is -2.58. The van der Waals surface area contributed by atoms with Crippen LogP contribution in [0.1, 0.15) is 65.2 Å². The number of aliphatic hydroxyl groups is 1. The Bertz CT molecular complexity index is 589. The third-order valence-electron chi connectivity index (χ3n) is 8.51. The minimum atomic E-state index is 0.170. The molecule has 0 aromatic heterocycles. The summed E-state index contributed by atoms with van der Waals surface area (Å²) in [6.45, 7) is 5.15. The maximum Gasteiger partial charge on any atom is 0.155 e. The van der Waals surface area contributed by atoms with Crippen molar-refractivity contribution < 1.29 is 9.90 Å². The summed E-state index contributed by atoms with van der Waals surface area (Å²) < 4.78 is 0. The van der Waals surface area contributed by atoms with Gasteiger partial charge in [-0.3, -0.25) is 4.79 Å². The van der Waals surface area contributed by atoms with Crippen LogP contribution in [-0.4, -0.2) is 17.5 Å². The summed E-state index contributed by atoms with van der Waals surface area (Å²) in [5, 5.41) is 9.16. The average molecular weight is 328 g/mol. The molecule has 132 valence electrons. The summed E-state index contributed by atoms with van der Waals surface area (Å²) in [5.41, 5.74) is 2.19. The predicted octanol–water partition coefficient (Wildman–Crippen LogP) is 4.68. The molecule has 0 radical (unpaired) electrons. The lowest BCUT2D eigenvalue weighted by molar-refractivity contribution is -0.117. The van der Waals surface area contributed by atoms with Crippen molar-refractivity contribution in [3.63, 3.8) is 0 Å². The number of fused-ring (bicyclic) bond motifs is 5. The van der Waals surface area contributed by atoms with Crippen LogP contribution in [0.4, 0.5) is 0 Å². The van der Waals surface area contributed by atoms with Crippen molar-refractivity contribution in [1.82, 2.24) is 0 Å². The van der Waals surface area contributed by atoms with Gasteiger partial charge in [0.1, 0.15) is 0 Å². The second-order valence-electron chi connectivity index (χ2n) is 9.31. The molecule has 0 spiro atoms. The molecule has 0 bridgehead atoms. The number of rotatable bonds is 2. The second kappa shape index (κ2) is 5.83. The zero-order valence-electron chi connectivity index (χ0n) is 15.3. The van der Waals surface area contributed by atoms with Crippen molar-refractivity contribution in [1.29, 1.82) is 0 Å². The standard InChI is InChI=1S/C22H32O2/c1-21-12-10-20-18(19(21)8-6-15(21)4-3-13-23)7-5-16-14-17(24)9-11-22(16,20)2/h3-4,14-15,18-20,23H,5-13H2,1-2H3/b4-3-/t15?,18-,19-,20-,21+,22-/m0/s1. The van der Waals surface area contributed by atoms with Crippen LogP contribution in [0.15, 0.2) is 23.8 Å². The molecule has 24 heavy (non-hydrogen) atoms. The Balaban J connectivity index is 1.62. The number of ketones is 1. The van der Waals surface area contributed by atoms with E-state index in [-0.39, 0.29) is 12.0 Å². The van der Waals surface area contributed by atoms with E-state index in [1.54, 1.807) is 0 Å². The molecule has 2 nitrogen and oxygen atoms in total. The summed E-state index contributed by atoms with van der Waals surface area (Å²) in [7, 11) is 0. The van der Waals surface area contributed by atoms with E-state index in [0.717, 1.165) is 37.0 Å². The van der Waals surface area contributed by atoms with Gasteiger partial charge in [0.25, 0.3) is 0 Å². The minimum Gasteiger partial charge on any atom is -0.392 e. The Hall–Kier alpha value is -0.890. The van der Waals surface area contributed by atoms with E-state index in [9.17, 15) is 4.79 Å². The van der Waals surface area contributed by atoms with Gasteiger partial charge in [0, 0.05) is 6.42 Å². The predicted molar refractivity (Wildman–Crippen MR) is 96.4 cm³/mol. The number of aliphatic hydroxyl groups excluding tert-OH is 1. The van der Waals surface area contributed by atoms with Crippen molar-refractivity contribution in [2.45, 2.75) is 65.2 Å². The summed E-state index contributed by atoms with van der Waals surface area (Å²) in [6.07, 6.45) is 15.8. The highest BCUT2D eigenvalue weighted by Crippen LogP contribution is 2.66. The fraction of sp³-hybridized carbons (Fsp3) is 0.773. The topological polar surface area (TPSA) is 37.3 Å². The van der Waals surface area contributed by atoms with E-state index in [4.69, 9.17) is 5.11 Å². The monoisotopic (exact) mass is 328 g/mol. The highest BCUT2D eigenvalue weighted by Gasteiger charge is 2.58. The van der Waals surface area contributed by atoms with Crippen molar-refractivity contribution >= 4 is 5.78 Å². The van der Waals surface area contributed by atoms with Gasteiger partial charge in [-0.15, -0.1) is 0 Å².